The van der Waals surface area contributed by atoms with Crippen LogP contribution in [0.3, 0.4) is 0 Å². The number of benzene rings is 2. The zero-order valence-electron chi connectivity index (χ0n) is 15.7. The van der Waals surface area contributed by atoms with Gasteiger partial charge in [-0.05, 0) is 48.4 Å². The zero-order chi connectivity index (χ0) is 20.1. The third-order valence-electron chi connectivity index (χ3n) is 4.34. The van der Waals surface area contributed by atoms with E-state index in [1.54, 1.807) is 24.7 Å². The van der Waals surface area contributed by atoms with Crippen LogP contribution in [0.5, 0.6) is 5.75 Å². The Morgan fingerprint density at radius 3 is 2.45 bits per heavy atom. The standard InChI is InChI=1S/C21H21N7O/c22-21-26-19(24-10-9-15-1-7-18(29)8-2-15)13-20(27-21)25-16-3-5-17(6-4-16)28-12-11-23-14-28/h1-8,11-14,29H,9-10H2,(H4,22,24,25,26,27). The number of anilines is 4. The van der Waals surface area contributed by atoms with E-state index in [-0.39, 0.29) is 11.7 Å². The van der Waals surface area contributed by atoms with Crippen LogP contribution in [0.1, 0.15) is 5.56 Å². The summed E-state index contributed by atoms with van der Waals surface area (Å²) in [4.78, 5) is 12.5. The van der Waals surface area contributed by atoms with Crippen molar-refractivity contribution in [1.29, 1.82) is 0 Å². The van der Waals surface area contributed by atoms with Crippen LogP contribution < -0.4 is 16.4 Å². The maximum atomic E-state index is 9.35. The Bertz CT molecular complexity index is 1060. The molecule has 0 spiro atoms. The number of aromatic nitrogens is 4. The molecule has 2 aromatic carbocycles. The van der Waals surface area contributed by atoms with E-state index in [0.717, 1.165) is 23.4 Å². The molecule has 4 aromatic rings. The molecule has 8 nitrogen and oxygen atoms in total. The van der Waals surface area contributed by atoms with Crippen LogP contribution in [0, 0.1) is 0 Å². The van der Waals surface area contributed by atoms with E-state index in [0.29, 0.717) is 18.2 Å². The molecule has 0 saturated heterocycles. The van der Waals surface area contributed by atoms with Gasteiger partial charge in [0.05, 0.1) is 6.33 Å². The highest BCUT2D eigenvalue weighted by molar-refractivity contribution is 5.61. The third kappa shape index (κ3) is 4.81. The number of phenols is 1. The van der Waals surface area contributed by atoms with Gasteiger partial charge in [-0.25, -0.2) is 4.98 Å². The van der Waals surface area contributed by atoms with Crippen LogP contribution in [-0.2, 0) is 6.42 Å². The summed E-state index contributed by atoms with van der Waals surface area (Å²) < 4.78 is 1.93. The molecule has 0 atom stereocenters. The van der Waals surface area contributed by atoms with Gasteiger partial charge < -0.3 is 26.0 Å². The summed E-state index contributed by atoms with van der Waals surface area (Å²) >= 11 is 0. The lowest BCUT2D eigenvalue weighted by atomic mass is 10.1. The fourth-order valence-electron chi connectivity index (χ4n) is 2.89. The SMILES string of the molecule is Nc1nc(NCCc2ccc(O)cc2)cc(Nc2ccc(-n3ccnc3)cc2)n1. The molecular formula is C21H21N7O. The summed E-state index contributed by atoms with van der Waals surface area (Å²) in [5.74, 6) is 1.71. The first-order valence-electron chi connectivity index (χ1n) is 9.17. The van der Waals surface area contributed by atoms with Gasteiger partial charge in [0.2, 0.25) is 5.95 Å². The lowest BCUT2D eigenvalue weighted by Crippen LogP contribution is -2.09. The predicted molar refractivity (Wildman–Crippen MR) is 114 cm³/mol. The quantitative estimate of drug-likeness (QED) is 0.384. The second kappa shape index (κ2) is 8.30. The summed E-state index contributed by atoms with van der Waals surface area (Å²) in [7, 11) is 0. The number of nitrogen functional groups attached to an aromatic ring is 1. The van der Waals surface area contributed by atoms with Gasteiger partial charge in [0.15, 0.2) is 0 Å². The van der Waals surface area contributed by atoms with Gasteiger partial charge in [0.25, 0.3) is 0 Å². The second-order valence-corrected chi connectivity index (χ2v) is 6.48. The highest BCUT2D eigenvalue weighted by atomic mass is 16.3. The van der Waals surface area contributed by atoms with Crippen molar-refractivity contribution in [3.05, 3.63) is 78.9 Å². The largest absolute Gasteiger partial charge is 0.508 e. The van der Waals surface area contributed by atoms with E-state index in [1.807, 2.05) is 53.2 Å². The van der Waals surface area contributed by atoms with E-state index in [2.05, 4.69) is 25.6 Å². The summed E-state index contributed by atoms with van der Waals surface area (Å²) in [5.41, 5.74) is 8.89. The first kappa shape index (κ1) is 18.3. The Labute approximate surface area is 168 Å². The molecule has 0 amide bonds. The van der Waals surface area contributed by atoms with Gasteiger partial charge in [-0.15, -0.1) is 0 Å². The van der Waals surface area contributed by atoms with Crippen LogP contribution in [0.25, 0.3) is 5.69 Å². The highest BCUT2D eigenvalue weighted by Gasteiger charge is 2.04. The van der Waals surface area contributed by atoms with Crippen molar-refractivity contribution in [3.8, 4) is 11.4 Å². The first-order valence-corrected chi connectivity index (χ1v) is 9.17. The lowest BCUT2D eigenvalue weighted by molar-refractivity contribution is 0.475. The molecule has 4 rings (SSSR count). The number of imidazole rings is 1. The van der Waals surface area contributed by atoms with Crippen molar-refractivity contribution < 1.29 is 5.11 Å². The minimum atomic E-state index is 0.192. The monoisotopic (exact) mass is 387 g/mol. The van der Waals surface area contributed by atoms with E-state index in [4.69, 9.17) is 5.73 Å². The van der Waals surface area contributed by atoms with Gasteiger partial charge in [-0.3, -0.25) is 0 Å². The molecule has 2 heterocycles. The van der Waals surface area contributed by atoms with Crippen LogP contribution in [-0.4, -0.2) is 31.2 Å². The predicted octanol–water partition coefficient (Wildman–Crippen LogP) is 3.35. The number of phenolic OH excluding ortho intramolecular Hbond substituents is 1. The molecule has 0 aliphatic heterocycles. The molecule has 146 valence electrons. The minimum absolute atomic E-state index is 0.192. The maximum Gasteiger partial charge on any atom is 0.223 e. The van der Waals surface area contributed by atoms with Crippen molar-refractivity contribution in [2.45, 2.75) is 6.42 Å². The van der Waals surface area contributed by atoms with Gasteiger partial charge >= 0.3 is 0 Å². The van der Waals surface area contributed by atoms with E-state index in [9.17, 15) is 5.11 Å². The smallest absolute Gasteiger partial charge is 0.223 e. The van der Waals surface area contributed by atoms with Crippen LogP contribution in [0.2, 0.25) is 0 Å². The zero-order valence-corrected chi connectivity index (χ0v) is 15.7. The van der Waals surface area contributed by atoms with E-state index < -0.39 is 0 Å². The normalized spacial score (nSPS) is 10.6. The fourth-order valence-corrected chi connectivity index (χ4v) is 2.89. The van der Waals surface area contributed by atoms with Gasteiger partial charge in [-0.2, -0.15) is 9.97 Å². The van der Waals surface area contributed by atoms with Crippen LogP contribution in [0.15, 0.2) is 73.3 Å². The van der Waals surface area contributed by atoms with Gasteiger partial charge in [-0.1, -0.05) is 12.1 Å². The Hall–Kier alpha value is -4.07. The van der Waals surface area contributed by atoms with Crippen molar-refractivity contribution >= 4 is 23.3 Å². The molecule has 0 fully saturated rings. The van der Waals surface area contributed by atoms with E-state index >= 15 is 0 Å². The molecule has 8 heteroatoms. The van der Waals surface area contributed by atoms with Crippen LogP contribution in [0.4, 0.5) is 23.3 Å². The second-order valence-electron chi connectivity index (χ2n) is 6.48. The minimum Gasteiger partial charge on any atom is -0.508 e. The number of rotatable bonds is 7. The van der Waals surface area contributed by atoms with Crippen molar-refractivity contribution in [1.82, 2.24) is 19.5 Å². The molecule has 0 bridgehead atoms. The van der Waals surface area contributed by atoms with Crippen LogP contribution >= 0.6 is 0 Å². The Balaban J connectivity index is 1.39. The van der Waals surface area contributed by atoms with Crippen molar-refractivity contribution in [3.63, 3.8) is 0 Å². The molecule has 0 radical (unpaired) electrons. The topological polar surface area (TPSA) is 114 Å². The molecule has 5 N–H and O–H groups in total. The Morgan fingerprint density at radius 2 is 1.72 bits per heavy atom. The van der Waals surface area contributed by atoms with Crippen molar-refractivity contribution in [2.24, 2.45) is 0 Å². The lowest BCUT2D eigenvalue weighted by Gasteiger charge is -2.11. The molecule has 0 saturated carbocycles. The molecule has 0 unspecified atom stereocenters. The average molecular weight is 387 g/mol. The van der Waals surface area contributed by atoms with Gasteiger partial charge in [0, 0.05) is 36.4 Å². The molecule has 0 aliphatic carbocycles. The van der Waals surface area contributed by atoms with Crippen molar-refractivity contribution in [2.75, 3.05) is 22.9 Å². The highest BCUT2D eigenvalue weighted by Crippen LogP contribution is 2.20. The summed E-state index contributed by atoms with van der Waals surface area (Å²) in [6.45, 7) is 0.681. The Kier molecular flexibility index (Phi) is 5.24. The maximum absolute atomic E-state index is 9.35. The van der Waals surface area contributed by atoms with E-state index in [1.165, 1.54) is 0 Å². The first-order chi connectivity index (χ1) is 14.2. The Morgan fingerprint density at radius 1 is 0.966 bits per heavy atom. The summed E-state index contributed by atoms with van der Waals surface area (Å²) in [5, 5.41) is 15.9. The number of hydrogen-bond donors (Lipinski definition) is 4. The summed E-state index contributed by atoms with van der Waals surface area (Å²) in [6, 6.07) is 16.9. The fraction of sp³-hybridized carbons (Fsp3) is 0.0952. The third-order valence-corrected chi connectivity index (χ3v) is 4.34. The number of nitrogens with two attached hydrogens (primary N) is 1. The van der Waals surface area contributed by atoms with Gasteiger partial charge in [0.1, 0.15) is 17.4 Å². The molecule has 0 aliphatic rings. The number of aromatic hydroxyl groups is 1. The number of hydrogen-bond acceptors (Lipinski definition) is 7. The molecule has 29 heavy (non-hydrogen) atoms. The molecule has 2 aromatic heterocycles. The summed E-state index contributed by atoms with van der Waals surface area (Å²) in [6.07, 6.45) is 6.18. The number of nitrogens with one attached hydrogen (secondary N) is 2. The average Bonchev–Trinajstić information content (AvgIpc) is 3.25. The molecular weight excluding hydrogens is 366 g/mol. The number of nitrogens with zero attached hydrogens (tertiary/aromatic N) is 4.